The van der Waals surface area contributed by atoms with Crippen molar-refractivity contribution in [2.24, 2.45) is 0 Å². The molecule has 0 N–H and O–H groups in total. The molecule has 0 saturated carbocycles. The normalized spacial score (nSPS) is 11.1. The first-order valence-electron chi connectivity index (χ1n) is 8.68. The summed E-state index contributed by atoms with van der Waals surface area (Å²) >= 11 is 12.2. The lowest BCUT2D eigenvalue weighted by Gasteiger charge is -2.12. The molecule has 3 nitrogen and oxygen atoms in total. The van der Waals surface area contributed by atoms with E-state index in [4.69, 9.17) is 32.9 Å². The first-order valence-corrected chi connectivity index (χ1v) is 9.43. The lowest BCUT2D eigenvalue weighted by Crippen LogP contribution is -2.08. The SMILES string of the molecule is Cc1ccc(Cn2c(COc3ccc(Cl)cc3Cl)nc3ccccc32)cc1. The van der Waals surface area contributed by atoms with E-state index in [2.05, 4.69) is 41.8 Å². The van der Waals surface area contributed by atoms with E-state index in [0.717, 1.165) is 23.4 Å². The maximum atomic E-state index is 6.22. The standard InChI is InChI=1S/C22H18Cl2N2O/c1-15-6-8-16(9-7-15)13-26-20-5-3-2-4-19(20)25-22(26)14-27-21-11-10-17(23)12-18(21)24/h2-12H,13-14H2,1H3. The van der Waals surface area contributed by atoms with E-state index >= 15 is 0 Å². The van der Waals surface area contributed by atoms with Gasteiger partial charge in [-0.1, -0.05) is 65.2 Å². The minimum atomic E-state index is 0.321. The molecule has 1 heterocycles. The third-order valence-corrected chi connectivity index (χ3v) is 4.98. The quantitative estimate of drug-likeness (QED) is 0.396. The maximum absolute atomic E-state index is 6.22. The van der Waals surface area contributed by atoms with Crippen LogP contribution in [-0.2, 0) is 13.2 Å². The molecule has 1 aromatic heterocycles. The van der Waals surface area contributed by atoms with E-state index in [0.29, 0.717) is 22.4 Å². The predicted molar refractivity (Wildman–Crippen MR) is 111 cm³/mol. The number of aryl methyl sites for hydroxylation is 1. The van der Waals surface area contributed by atoms with Gasteiger partial charge in [0.05, 0.1) is 16.1 Å². The van der Waals surface area contributed by atoms with Crippen LogP contribution in [0.15, 0.2) is 66.7 Å². The summed E-state index contributed by atoms with van der Waals surface area (Å²) in [5.41, 5.74) is 4.49. The van der Waals surface area contributed by atoms with Gasteiger partial charge >= 0.3 is 0 Å². The fraction of sp³-hybridized carbons (Fsp3) is 0.136. The van der Waals surface area contributed by atoms with E-state index in [-0.39, 0.29) is 0 Å². The zero-order valence-electron chi connectivity index (χ0n) is 14.8. The Labute approximate surface area is 168 Å². The Bertz CT molecular complexity index is 1090. The molecule has 0 radical (unpaired) electrons. The molecule has 0 aliphatic carbocycles. The van der Waals surface area contributed by atoms with Gasteiger partial charge in [0.2, 0.25) is 0 Å². The van der Waals surface area contributed by atoms with Gasteiger partial charge in [-0.25, -0.2) is 4.98 Å². The molecule has 0 fully saturated rings. The Morgan fingerprint density at radius 3 is 2.52 bits per heavy atom. The number of rotatable bonds is 5. The molecule has 27 heavy (non-hydrogen) atoms. The molecule has 0 bridgehead atoms. The third kappa shape index (κ3) is 3.95. The zero-order chi connectivity index (χ0) is 18.8. The lowest BCUT2D eigenvalue weighted by atomic mass is 10.1. The zero-order valence-corrected chi connectivity index (χ0v) is 16.3. The first-order chi connectivity index (χ1) is 13.1. The Balaban J connectivity index is 1.66. The van der Waals surface area contributed by atoms with E-state index in [1.807, 2.05) is 18.2 Å². The topological polar surface area (TPSA) is 27.1 Å². The molecule has 0 spiro atoms. The van der Waals surface area contributed by atoms with Crippen molar-refractivity contribution in [2.45, 2.75) is 20.1 Å². The van der Waals surface area contributed by atoms with Crippen LogP contribution in [0.4, 0.5) is 0 Å². The number of benzene rings is 3. The Kier molecular flexibility index (Phi) is 5.06. The summed E-state index contributed by atoms with van der Waals surface area (Å²) in [6.07, 6.45) is 0. The summed E-state index contributed by atoms with van der Waals surface area (Å²) < 4.78 is 8.12. The number of para-hydroxylation sites is 2. The van der Waals surface area contributed by atoms with Gasteiger partial charge in [0.15, 0.2) is 0 Å². The summed E-state index contributed by atoms with van der Waals surface area (Å²) in [6.45, 7) is 3.14. The average Bonchev–Trinajstić information content (AvgIpc) is 3.00. The first kappa shape index (κ1) is 17.9. The average molecular weight is 397 g/mol. The highest BCUT2D eigenvalue weighted by Gasteiger charge is 2.12. The molecule has 3 aromatic carbocycles. The van der Waals surface area contributed by atoms with Crippen LogP contribution in [0.5, 0.6) is 5.75 Å². The largest absolute Gasteiger partial charge is 0.484 e. The number of ether oxygens (including phenoxy) is 1. The highest BCUT2D eigenvalue weighted by atomic mass is 35.5. The van der Waals surface area contributed by atoms with Gasteiger partial charge in [-0.15, -0.1) is 0 Å². The van der Waals surface area contributed by atoms with Crippen LogP contribution in [0.25, 0.3) is 11.0 Å². The second-order valence-corrected chi connectivity index (χ2v) is 7.30. The molecule has 5 heteroatoms. The smallest absolute Gasteiger partial charge is 0.148 e. The number of fused-ring (bicyclic) bond motifs is 1. The van der Waals surface area contributed by atoms with Crippen LogP contribution in [-0.4, -0.2) is 9.55 Å². The minimum absolute atomic E-state index is 0.321. The second kappa shape index (κ2) is 7.63. The number of hydrogen-bond acceptors (Lipinski definition) is 2. The van der Waals surface area contributed by atoms with Crippen LogP contribution in [0.1, 0.15) is 17.0 Å². The van der Waals surface area contributed by atoms with Crippen molar-refractivity contribution < 1.29 is 4.74 Å². The number of imidazole rings is 1. The molecule has 0 aliphatic rings. The molecule has 4 rings (SSSR count). The van der Waals surface area contributed by atoms with E-state index < -0.39 is 0 Å². The minimum Gasteiger partial charge on any atom is -0.484 e. The Morgan fingerprint density at radius 1 is 0.963 bits per heavy atom. The molecule has 0 unspecified atom stereocenters. The van der Waals surface area contributed by atoms with Gasteiger partial charge in [-0.05, 0) is 42.8 Å². The highest BCUT2D eigenvalue weighted by Crippen LogP contribution is 2.28. The molecular weight excluding hydrogens is 379 g/mol. The van der Waals surface area contributed by atoms with Crippen molar-refractivity contribution in [3.05, 3.63) is 93.7 Å². The number of nitrogens with zero attached hydrogens (tertiary/aromatic N) is 2. The molecule has 0 amide bonds. The van der Waals surface area contributed by atoms with Crippen molar-refractivity contribution in [1.82, 2.24) is 9.55 Å². The fourth-order valence-electron chi connectivity index (χ4n) is 3.02. The molecule has 4 aromatic rings. The molecule has 136 valence electrons. The van der Waals surface area contributed by atoms with Gasteiger partial charge in [0.1, 0.15) is 18.2 Å². The monoisotopic (exact) mass is 396 g/mol. The Morgan fingerprint density at radius 2 is 1.74 bits per heavy atom. The van der Waals surface area contributed by atoms with E-state index in [9.17, 15) is 0 Å². The molecular formula is C22H18Cl2N2O. The summed E-state index contributed by atoms with van der Waals surface area (Å²) in [4.78, 5) is 4.76. The van der Waals surface area contributed by atoms with Gasteiger partial charge in [0, 0.05) is 11.6 Å². The van der Waals surface area contributed by atoms with E-state index in [1.54, 1.807) is 18.2 Å². The number of aromatic nitrogens is 2. The van der Waals surface area contributed by atoms with Crippen LogP contribution in [0.3, 0.4) is 0 Å². The predicted octanol–water partition coefficient (Wildman–Crippen LogP) is 6.28. The Hall–Kier alpha value is -2.49. The molecule has 0 aliphatic heterocycles. The summed E-state index contributed by atoms with van der Waals surface area (Å²) in [5, 5.41) is 1.07. The van der Waals surface area contributed by atoms with Crippen molar-refractivity contribution in [3.63, 3.8) is 0 Å². The second-order valence-electron chi connectivity index (χ2n) is 6.45. The molecule has 0 atom stereocenters. The van der Waals surface area contributed by atoms with Crippen molar-refractivity contribution in [2.75, 3.05) is 0 Å². The van der Waals surface area contributed by atoms with Crippen LogP contribution in [0.2, 0.25) is 10.0 Å². The number of hydrogen-bond donors (Lipinski definition) is 0. The lowest BCUT2D eigenvalue weighted by molar-refractivity contribution is 0.291. The van der Waals surface area contributed by atoms with Crippen molar-refractivity contribution in [3.8, 4) is 5.75 Å². The maximum Gasteiger partial charge on any atom is 0.148 e. The van der Waals surface area contributed by atoms with Crippen LogP contribution >= 0.6 is 23.2 Å². The van der Waals surface area contributed by atoms with Crippen LogP contribution < -0.4 is 4.74 Å². The summed E-state index contributed by atoms with van der Waals surface area (Å²) in [5.74, 6) is 1.44. The van der Waals surface area contributed by atoms with Crippen LogP contribution in [0, 0.1) is 6.92 Å². The third-order valence-electron chi connectivity index (χ3n) is 4.45. The molecule has 0 saturated heterocycles. The highest BCUT2D eigenvalue weighted by molar-refractivity contribution is 6.35. The van der Waals surface area contributed by atoms with Gasteiger partial charge in [0.25, 0.3) is 0 Å². The summed E-state index contributed by atoms with van der Waals surface area (Å²) in [6, 6.07) is 21.9. The van der Waals surface area contributed by atoms with E-state index in [1.165, 1.54) is 11.1 Å². The summed E-state index contributed by atoms with van der Waals surface area (Å²) in [7, 11) is 0. The fourth-order valence-corrected chi connectivity index (χ4v) is 3.49. The van der Waals surface area contributed by atoms with Gasteiger partial charge < -0.3 is 9.30 Å². The van der Waals surface area contributed by atoms with Crippen molar-refractivity contribution >= 4 is 34.2 Å². The van der Waals surface area contributed by atoms with Gasteiger partial charge in [-0.2, -0.15) is 0 Å². The number of halogens is 2. The van der Waals surface area contributed by atoms with Crippen molar-refractivity contribution in [1.29, 1.82) is 0 Å². The van der Waals surface area contributed by atoms with Gasteiger partial charge in [-0.3, -0.25) is 0 Å².